The lowest BCUT2D eigenvalue weighted by Gasteiger charge is -1.98. The zero-order chi connectivity index (χ0) is 13.2. The van der Waals surface area contributed by atoms with E-state index in [9.17, 15) is 4.79 Å². The molecule has 0 saturated heterocycles. The summed E-state index contributed by atoms with van der Waals surface area (Å²) >= 11 is 0. The van der Waals surface area contributed by atoms with E-state index in [-0.39, 0.29) is 18.4 Å². The lowest BCUT2D eigenvalue weighted by molar-refractivity contribution is 0.0526. The Morgan fingerprint density at radius 1 is 1.35 bits per heavy atom. The van der Waals surface area contributed by atoms with Crippen molar-refractivity contribution < 1.29 is 9.53 Å². The molecule has 20 heavy (non-hydrogen) atoms. The van der Waals surface area contributed by atoms with Gasteiger partial charge in [-0.05, 0) is 25.1 Å². The Bertz CT molecular complexity index is 700. The minimum atomic E-state index is -0.322. The van der Waals surface area contributed by atoms with E-state index in [1.807, 2.05) is 24.3 Å². The van der Waals surface area contributed by atoms with E-state index >= 15 is 0 Å². The Kier molecular flexibility index (Phi) is 4.10. The van der Waals surface area contributed by atoms with Crippen molar-refractivity contribution >= 4 is 29.4 Å². The van der Waals surface area contributed by atoms with Gasteiger partial charge in [-0.15, -0.1) is 12.4 Å². The van der Waals surface area contributed by atoms with Gasteiger partial charge in [0.05, 0.1) is 23.2 Å². The predicted molar refractivity (Wildman–Crippen MR) is 78.6 cm³/mol. The Hall–Kier alpha value is -2.27. The second kappa shape index (κ2) is 5.79. The fraction of sp³-hybridized carbons (Fsp3) is 0.143. The third-order valence-electron chi connectivity index (χ3n) is 2.83. The predicted octanol–water partition coefficient (Wildman–Crippen LogP) is 2.95. The normalized spacial score (nSPS) is 10.2. The summed E-state index contributed by atoms with van der Waals surface area (Å²) in [6.07, 6.45) is 3.49. The van der Waals surface area contributed by atoms with Crippen molar-refractivity contribution in [2.45, 2.75) is 6.92 Å². The average Bonchev–Trinajstić information content (AvgIpc) is 3.05. The smallest absolute Gasteiger partial charge is 0.339 e. The van der Waals surface area contributed by atoms with Crippen LogP contribution in [-0.2, 0) is 4.74 Å². The van der Waals surface area contributed by atoms with Crippen molar-refractivity contribution in [2.24, 2.45) is 0 Å². The highest BCUT2D eigenvalue weighted by Crippen LogP contribution is 2.14. The molecule has 104 valence electrons. The van der Waals surface area contributed by atoms with Gasteiger partial charge >= 0.3 is 5.97 Å². The number of carbonyl (C=O) groups excluding carboxylic acids is 1. The van der Waals surface area contributed by atoms with Crippen LogP contribution >= 0.6 is 12.4 Å². The highest BCUT2D eigenvalue weighted by atomic mass is 35.5. The van der Waals surface area contributed by atoms with Gasteiger partial charge < -0.3 is 9.72 Å². The molecule has 3 rings (SSSR count). The molecule has 0 aliphatic heterocycles. The standard InChI is InChI=1S/C14H13N3O2.ClH/c1-2-19-13(18)10-7-8-17(9-10)14-15-11-5-3-4-6-12(11)16-14;/h3-9H,2H2,1H3,(H,15,16);1H. The highest BCUT2D eigenvalue weighted by Gasteiger charge is 2.10. The monoisotopic (exact) mass is 291 g/mol. The number of imidazole rings is 1. The molecule has 0 bridgehead atoms. The summed E-state index contributed by atoms with van der Waals surface area (Å²) in [5.74, 6) is 0.356. The van der Waals surface area contributed by atoms with Crippen LogP contribution < -0.4 is 0 Å². The number of para-hydroxylation sites is 2. The number of esters is 1. The highest BCUT2D eigenvalue weighted by molar-refractivity contribution is 5.89. The van der Waals surface area contributed by atoms with Crippen molar-refractivity contribution in [1.29, 1.82) is 0 Å². The Morgan fingerprint density at radius 2 is 2.15 bits per heavy atom. The van der Waals surface area contributed by atoms with Crippen LogP contribution in [0.1, 0.15) is 17.3 Å². The number of fused-ring (bicyclic) bond motifs is 1. The first-order valence-electron chi connectivity index (χ1n) is 6.08. The summed E-state index contributed by atoms with van der Waals surface area (Å²) in [6, 6.07) is 9.49. The lowest BCUT2D eigenvalue weighted by atomic mass is 10.3. The summed E-state index contributed by atoms with van der Waals surface area (Å²) in [7, 11) is 0. The summed E-state index contributed by atoms with van der Waals surface area (Å²) in [5, 5.41) is 0. The minimum Gasteiger partial charge on any atom is -0.462 e. The average molecular weight is 292 g/mol. The zero-order valence-electron chi connectivity index (χ0n) is 10.9. The SMILES string of the molecule is CCOC(=O)c1ccn(-c2nc3ccccc3[nH]2)c1.Cl. The number of carbonyl (C=O) groups is 1. The number of halogens is 1. The van der Waals surface area contributed by atoms with Crippen molar-refractivity contribution in [3.8, 4) is 5.95 Å². The van der Waals surface area contributed by atoms with Crippen molar-refractivity contribution in [3.05, 3.63) is 48.3 Å². The molecule has 1 N–H and O–H groups in total. The van der Waals surface area contributed by atoms with Crippen molar-refractivity contribution in [1.82, 2.24) is 14.5 Å². The molecule has 0 aliphatic carbocycles. The number of aromatic amines is 1. The topological polar surface area (TPSA) is 59.9 Å². The molecule has 0 amide bonds. The van der Waals surface area contributed by atoms with Crippen LogP contribution in [0, 0.1) is 0 Å². The van der Waals surface area contributed by atoms with Crippen molar-refractivity contribution in [3.63, 3.8) is 0 Å². The number of hydrogen-bond acceptors (Lipinski definition) is 3. The van der Waals surface area contributed by atoms with E-state index in [4.69, 9.17) is 4.74 Å². The maximum absolute atomic E-state index is 11.6. The van der Waals surface area contributed by atoms with Gasteiger partial charge in [0, 0.05) is 12.4 Å². The lowest BCUT2D eigenvalue weighted by Crippen LogP contribution is -2.03. The number of ether oxygens (including phenoxy) is 1. The first-order chi connectivity index (χ1) is 9.28. The number of rotatable bonds is 3. The molecule has 0 unspecified atom stereocenters. The van der Waals surface area contributed by atoms with E-state index in [0.29, 0.717) is 18.1 Å². The molecule has 0 spiro atoms. The van der Waals surface area contributed by atoms with E-state index < -0.39 is 0 Å². The van der Waals surface area contributed by atoms with Crippen LogP contribution in [0.25, 0.3) is 17.0 Å². The van der Waals surface area contributed by atoms with Gasteiger partial charge in [0.15, 0.2) is 0 Å². The number of nitrogens with zero attached hydrogens (tertiary/aromatic N) is 2. The third-order valence-corrected chi connectivity index (χ3v) is 2.83. The Labute approximate surface area is 122 Å². The van der Waals surface area contributed by atoms with Crippen LogP contribution in [0.15, 0.2) is 42.7 Å². The van der Waals surface area contributed by atoms with E-state index in [1.54, 1.807) is 30.0 Å². The first-order valence-corrected chi connectivity index (χ1v) is 6.08. The fourth-order valence-corrected chi connectivity index (χ4v) is 1.93. The molecule has 5 nitrogen and oxygen atoms in total. The maximum atomic E-state index is 11.6. The molecule has 0 saturated carbocycles. The van der Waals surface area contributed by atoms with Crippen LogP contribution in [0.5, 0.6) is 0 Å². The Morgan fingerprint density at radius 3 is 2.90 bits per heavy atom. The first kappa shape index (κ1) is 14.1. The van der Waals surface area contributed by atoms with Gasteiger partial charge in [-0.3, -0.25) is 4.57 Å². The van der Waals surface area contributed by atoms with Crippen LogP contribution in [0.2, 0.25) is 0 Å². The van der Waals surface area contributed by atoms with Crippen LogP contribution in [-0.4, -0.2) is 27.1 Å². The largest absolute Gasteiger partial charge is 0.462 e. The molecule has 2 aromatic heterocycles. The second-order valence-corrected chi connectivity index (χ2v) is 4.11. The summed E-state index contributed by atoms with van der Waals surface area (Å²) < 4.78 is 6.72. The van der Waals surface area contributed by atoms with Gasteiger partial charge in [0.1, 0.15) is 0 Å². The van der Waals surface area contributed by atoms with Crippen LogP contribution in [0.3, 0.4) is 0 Å². The number of aromatic nitrogens is 3. The fourth-order valence-electron chi connectivity index (χ4n) is 1.93. The molecule has 0 aliphatic rings. The molecule has 6 heteroatoms. The maximum Gasteiger partial charge on any atom is 0.339 e. The summed E-state index contributed by atoms with van der Waals surface area (Å²) in [5.41, 5.74) is 2.37. The number of nitrogens with one attached hydrogen (secondary N) is 1. The van der Waals surface area contributed by atoms with Gasteiger partial charge in [-0.2, -0.15) is 0 Å². The van der Waals surface area contributed by atoms with E-state index in [2.05, 4.69) is 9.97 Å². The van der Waals surface area contributed by atoms with Crippen molar-refractivity contribution in [2.75, 3.05) is 6.61 Å². The zero-order valence-corrected chi connectivity index (χ0v) is 11.7. The second-order valence-electron chi connectivity index (χ2n) is 4.11. The van der Waals surface area contributed by atoms with Gasteiger partial charge in [0.2, 0.25) is 5.95 Å². The molecule has 2 heterocycles. The van der Waals surface area contributed by atoms with E-state index in [0.717, 1.165) is 11.0 Å². The molecule has 3 aromatic rings. The Balaban J connectivity index is 0.00000147. The molecule has 0 radical (unpaired) electrons. The molecule has 0 atom stereocenters. The molecule has 1 aromatic carbocycles. The van der Waals surface area contributed by atoms with Gasteiger partial charge in [-0.1, -0.05) is 12.1 Å². The number of H-pyrrole nitrogens is 1. The molecular formula is C14H14ClN3O2. The molecular weight excluding hydrogens is 278 g/mol. The summed E-state index contributed by atoms with van der Waals surface area (Å²) in [4.78, 5) is 19.2. The number of hydrogen-bond donors (Lipinski definition) is 1. The third kappa shape index (κ3) is 2.53. The van der Waals surface area contributed by atoms with Crippen LogP contribution in [0.4, 0.5) is 0 Å². The minimum absolute atomic E-state index is 0. The molecule has 0 fully saturated rings. The summed E-state index contributed by atoms with van der Waals surface area (Å²) in [6.45, 7) is 2.16. The number of benzene rings is 1. The van der Waals surface area contributed by atoms with Gasteiger partial charge in [0.25, 0.3) is 0 Å². The van der Waals surface area contributed by atoms with E-state index in [1.165, 1.54) is 0 Å². The van der Waals surface area contributed by atoms with Gasteiger partial charge in [-0.25, -0.2) is 9.78 Å². The quantitative estimate of drug-likeness (QED) is 0.755.